The van der Waals surface area contributed by atoms with Gasteiger partial charge in [0.05, 0.1) is 13.2 Å². The lowest BCUT2D eigenvalue weighted by Gasteiger charge is -2.17. The lowest BCUT2D eigenvalue weighted by Crippen LogP contribution is -2.33. The number of hydrogen-bond acceptors (Lipinski definition) is 2. The molecule has 1 heterocycles. The van der Waals surface area contributed by atoms with Gasteiger partial charge in [-0.05, 0) is 30.3 Å². The van der Waals surface area contributed by atoms with Gasteiger partial charge in [0.25, 0.3) is 0 Å². The van der Waals surface area contributed by atoms with Crippen LogP contribution in [0.5, 0.6) is 0 Å². The minimum Gasteiger partial charge on any atom is -0.347 e. The summed E-state index contributed by atoms with van der Waals surface area (Å²) in [5.74, 6) is 0. The molecule has 74 valence electrons. The summed E-state index contributed by atoms with van der Waals surface area (Å²) in [4.78, 5) is 0. The molecule has 1 aromatic carbocycles. The summed E-state index contributed by atoms with van der Waals surface area (Å²) in [6.07, 6.45) is 0. The van der Waals surface area contributed by atoms with Crippen LogP contribution in [0.15, 0.2) is 24.3 Å². The van der Waals surface area contributed by atoms with Gasteiger partial charge < -0.3 is 5.32 Å². The molecule has 0 radical (unpaired) electrons. The van der Waals surface area contributed by atoms with Crippen molar-refractivity contribution in [2.45, 2.75) is 13.5 Å². The molecule has 1 aliphatic rings. The fraction of sp³-hybridized carbons (Fsp3) is 0.300. The number of aryl methyl sites for hydroxylation is 1. The quantitative estimate of drug-likeness (QED) is 0.711. The van der Waals surface area contributed by atoms with E-state index in [4.69, 9.17) is 12.2 Å². The minimum atomic E-state index is 0.727. The zero-order chi connectivity index (χ0) is 9.97. The van der Waals surface area contributed by atoms with Gasteiger partial charge in [0, 0.05) is 0 Å². The van der Waals surface area contributed by atoms with E-state index in [2.05, 4.69) is 35.9 Å². The van der Waals surface area contributed by atoms with Crippen molar-refractivity contribution in [3.05, 3.63) is 35.4 Å². The first-order chi connectivity index (χ1) is 6.77. The van der Waals surface area contributed by atoms with E-state index in [0.717, 1.165) is 18.3 Å². The van der Waals surface area contributed by atoms with Crippen molar-refractivity contribution in [1.82, 2.24) is 15.8 Å². The van der Waals surface area contributed by atoms with Crippen LogP contribution in [-0.4, -0.2) is 16.8 Å². The zero-order valence-corrected chi connectivity index (χ0v) is 8.90. The summed E-state index contributed by atoms with van der Waals surface area (Å²) in [5, 5.41) is 5.78. The van der Waals surface area contributed by atoms with Gasteiger partial charge in [-0.15, -0.1) is 0 Å². The van der Waals surface area contributed by atoms with Gasteiger partial charge in [0.2, 0.25) is 0 Å². The normalized spacial score (nSPS) is 15.8. The Hall–Kier alpha value is -1.13. The average Bonchev–Trinajstić information content (AvgIpc) is 2.56. The molecule has 0 spiro atoms. The Morgan fingerprint density at radius 3 is 2.86 bits per heavy atom. The molecule has 0 aromatic heterocycles. The van der Waals surface area contributed by atoms with Crippen LogP contribution in [-0.2, 0) is 6.54 Å². The van der Waals surface area contributed by atoms with E-state index in [1.54, 1.807) is 0 Å². The van der Waals surface area contributed by atoms with Crippen molar-refractivity contribution < 1.29 is 0 Å². The van der Waals surface area contributed by atoms with Gasteiger partial charge in [0.15, 0.2) is 5.11 Å². The first-order valence-corrected chi connectivity index (χ1v) is 5.01. The summed E-state index contributed by atoms with van der Waals surface area (Å²) in [5.41, 5.74) is 5.76. The second-order valence-corrected chi connectivity index (χ2v) is 3.72. The van der Waals surface area contributed by atoms with Crippen LogP contribution in [0.3, 0.4) is 0 Å². The van der Waals surface area contributed by atoms with Crippen molar-refractivity contribution in [3.63, 3.8) is 0 Å². The molecular formula is C10H13N3S. The van der Waals surface area contributed by atoms with Crippen LogP contribution in [0.2, 0.25) is 0 Å². The largest absolute Gasteiger partial charge is 0.347 e. The molecule has 0 atom stereocenters. The predicted octanol–water partition coefficient (Wildman–Crippen LogP) is 1.15. The third-order valence-electron chi connectivity index (χ3n) is 2.34. The maximum atomic E-state index is 5.14. The van der Waals surface area contributed by atoms with Crippen LogP contribution in [0.25, 0.3) is 0 Å². The van der Waals surface area contributed by atoms with E-state index in [-0.39, 0.29) is 0 Å². The van der Waals surface area contributed by atoms with Crippen molar-refractivity contribution in [2.75, 3.05) is 6.67 Å². The van der Waals surface area contributed by atoms with Crippen LogP contribution < -0.4 is 10.7 Å². The Morgan fingerprint density at radius 1 is 1.43 bits per heavy atom. The van der Waals surface area contributed by atoms with Crippen molar-refractivity contribution in [3.8, 4) is 0 Å². The molecule has 2 N–H and O–H groups in total. The van der Waals surface area contributed by atoms with Gasteiger partial charge in [-0.25, -0.2) is 5.43 Å². The molecule has 0 bridgehead atoms. The molecule has 1 fully saturated rings. The van der Waals surface area contributed by atoms with Gasteiger partial charge >= 0.3 is 0 Å². The molecule has 2 rings (SSSR count). The monoisotopic (exact) mass is 207 g/mol. The SMILES string of the molecule is Cc1ccccc1CN1NCNC1=S. The highest BCUT2D eigenvalue weighted by atomic mass is 32.1. The molecule has 0 unspecified atom stereocenters. The van der Waals surface area contributed by atoms with E-state index in [1.807, 2.05) is 11.1 Å². The number of thiocarbonyl (C=S) groups is 1. The Kier molecular flexibility index (Phi) is 2.65. The fourth-order valence-electron chi connectivity index (χ4n) is 1.46. The summed E-state index contributed by atoms with van der Waals surface area (Å²) >= 11 is 5.14. The highest BCUT2D eigenvalue weighted by Crippen LogP contribution is 2.10. The second kappa shape index (κ2) is 3.94. The van der Waals surface area contributed by atoms with Gasteiger partial charge in [-0.1, -0.05) is 24.3 Å². The van der Waals surface area contributed by atoms with Crippen LogP contribution in [0.1, 0.15) is 11.1 Å². The lowest BCUT2D eigenvalue weighted by molar-refractivity contribution is 0.344. The Bertz CT molecular complexity index is 351. The fourth-order valence-corrected chi connectivity index (χ4v) is 1.66. The van der Waals surface area contributed by atoms with Crippen LogP contribution in [0.4, 0.5) is 0 Å². The summed E-state index contributed by atoms with van der Waals surface area (Å²) in [6, 6.07) is 8.33. The average molecular weight is 207 g/mol. The summed E-state index contributed by atoms with van der Waals surface area (Å²) in [7, 11) is 0. The molecule has 1 aromatic rings. The number of benzene rings is 1. The maximum Gasteiger partial charge on any atom is 0.184 e. The predicted molar refractivity (Wildman–Crippen MR) is 60.5 cm³/mol. The number of rotatable bonds is 2. The molecule has 1 saturated heterocycles. The topological polar surface area (TPSA) is 27.3 Å². The Labute approximate surface area is 89.1 Å². The van der Waals surface area contributed by atoms with E-state index in [0.29, 0.717) is 0 Å². The maximum absolute atomic E-state index is 5.14. The third kappa shape index (κ3) is 1.86. The Morgan fingerprint density at radius 2 is 2.21 bits per heavy atom. The molecule has 1 aliphatic heterocycles. The van der Waals surface area contributed by atoms with E-state index in [9.17, 15) is 0 Å². The number of hydrazine groups is 1. The summed E-state index contributed by atoms with van der Waals surface area (Å²) in [6.45, 7) is 3.66. The van der Waals surface area contributed by atoms with E-state index in [1.165, 1.54) is 11.1 Å². The van der Waals surface area contributed by atoms with Crippen LogP contribution >= 0.6 is 12.2 Å². The first kappa shape index (κ1) is 9.43. The number of nitrogens with one attached hydrogen (secondary N) is 2. The minimum absolute atomic E-state index is 0.727. The van der Waals surface area contributed by atoms with Crippen molar-refractivity contribution >= 4 is 17.3 Å². The Balaban J connectivity index is 2.10. The standard InChI is InChI=1S/C10H13N3S/c1-8-4-2-3-5-9(8)6-13-10(14)11-7-12-13/h2-5,12H,6-7H2,1H3,(H,11,14). The molecule has 3 nitrogen and oxygen atoms in total. The number of hydrogen-bond donors (Lipinski definition) is 2. The lowest BCUT2D eigenvalue weighted by atomic mass is 10.1. The molecule has 0 amide bonds. The smallest absolute Gasteiger partial charge is 0.184 e. The molecule has 0 aliphatic carbocycles. The van der Waals surface area contributed by atoms with Gasteiger partial charge in [0.1, 0.15) is 0 Å². The first-order valence-electron chi connectivity index (χ1n) is 4.61. The van der Waals surface area contributed by atoms with Gasteiger partial charge in [-0.2, -0.15) is 0 Å². The van der Waals surface area contributed by atoms with Crippen LogP contribution in [0, 0.1) is 6.92 Å². The van der Waals surface area contributed by atoms with Gasteiger partial charge in [-0.3, -0.25) is 5.01 Å². The second-order valence-electron chi connectivity index (χ2n) is 3.33. The number of nitrogens with zero attached hydrogens (tertiary/aromatic N) is 1. The highest BCUT2D eigenvalue weighted by molar-refractivity contribution is 7.80. The van der Waals surface area contributed by atoms with Crippen molar-refractivity contribution in [2.24, 2.45) is 0 Å². The molecule has 14 heavy (non-hydrogen) atoms. The van der Waals surface area contributed by atoms with Crippen molar-refractivity contribution in [1.29, 1.82) is 0 Å². The molecular weight excluding hydrogens is 194 g/mol. The molecule has 4 heteroatoms. The summed E-state index contributed by atoms with van der Waals surface area (Å²) < 4.78 is 0. The zero-order valence-electron chi connectivity index (χ0n) is 8.08. The van der Waals surface area contributed by atoms with E-state index < -0.39 is 0 Å². The molecule has 0 saturated carbocycles. The van der Waals surface area contributed by atoms with E-state index >= 15 is 0 Å². The highest BCUT2D eigenvalue weighted by Gasteiger charge is 2.15. The third-order valence-corrected chi connectivity index (χ3v) is 2.71.